The third-order valence-corrected chi connectivity index (χ3v) is 3.09. The summed E-state index contributed by atoms with van der Waals surface area (Å²) in [5.41, 5.74) is 0.464. The van der Waals surface area contributed by atoms with Crippen molar-refractivity contribution in [3.63, 3.8) is 0 Å². The van der Waals surface area contributed by atoms with E-state index in [0.717, 1.165) is 6.42 Å². The molecular weight excluding hydrogens is 260 g/mol. The maximum atomic E-state index is 11.3. The molecule has 0 spiro atoms. The van der Waals surface area contributed by atoms with Crippen LogP contribution in [-0.4, -0.2) is 32.5 Å². The summed E-state index contributed by atoms with van der Waals surface area (Å²) >= 11 is 0. The van der Waals surface area contributed by atoms with Gasteiger partial charge in [0.25, 0.3) is 0 Å². The largest absolute Gasteiger partial charge is 0.394 e. The number of aryl methyl sites for hydroxylation is 1. The van der Waals surface area contributed by atoms with Gasteiger partial charge < -0.3 is 10.4 Å². The predicted octanol–water partition coefficient (Wildman–Crippen LogP) is 2.27. The van der Waals surface area contributed by atoms with Crippen LogP contribution in [0.5, 0.6) is 0 Å². The lowest BCUT2D eigenvalue weighted by atomic mass is 10.0. The van der Waals surface area contributed by atoms with Crippen LogP contribution in [0.2, 0.25) is 0 Å². The van der Waals surface area contributed by atoms with Crippen LogP contribution in [0.25, 0.3) is 0 Å². The minimum absolute atomic E-state index is 0.00436. The standard InChI is InChI=1S/C13H24N4O3/c1-8(2)6-10(7-18)14-13-12(17(19)20)11(9(3)4)15-16(13)5/h8-10,14,18H,6-7H2,1-5H3. The van der Waals surface area contributed by atoms with Gasteiger partial charge in [-0.2, -0.15) is 5.10 Å². The number of nitro groups is 1. The first-order chi connectivity index (χ1) is 9.27. The molecule has 7 heteroatoms. The molecule has 0 aliphatic rings. The lowest BCUT2D eigenvalue weighted by Gasteiger charge is -2.18. The van der Waals surface area contributed by atoms with Crippen molar-refractivity contribution >= 4 is 11.5 Å². The second-order valence-corrected chi connectivity index (χ2v) is 5.77. The number of hydrogen-bond acceptors (Lipinski definition) is 5. The summed E-state index contributed by atoms with van der Waals surface area (Å²) in [6.07, 6.45) is 0.732. The van der Waals surface area contributed by atoms with Gasteiger partial charge in [0.15, 0.2) is 0 Å². The smallest absolute Gasteiger partial charge is 0.334 e. The zero-order valence-electron chi connectivity index (χ0n) is 12.8. The van der Waals surface area contributed by atoms with Gasteiger partial charge in [-0.15, -0.1) is 0 Å². The number of anilines is 1. The van der Waals surface area contributed by atoms with Gasteiger partial charge in [-0.3, -0.25) is 10.1 Å². The summed E-state index contributed by atoms with van der Waals surface area (Å²) in [5.74, 6) is 0.713. The normalized spacial score (nSPS) is 13.0. The number of rotatable bonds is 7. The summed E-state index contributed by atoms with van der Waals surface area (Å²) in [5, 5.41) is 28.0. The van der Waals surface area contributed by atoms with Gasteiger partial charge in [-0.1, -0.05) is 27.7 Å². The minimum atomic E-state index is -0.408. The van der Waals surface area contributed by atoms with Crippen molar-refractivity contribution in [2.75, 3.05) is 11.9 Å². The Morgan fingerprint density at radius 2 is 2.00 bits per heavy atom. The fourth-order valence-electron chi connectivity index (χ4n) is 2.21. The van der Waals surface area contributed by atoms with Crippen LogP contribution in [-0.2, 0) is 7.05 Å². The highest BCUT2D eigenvalue weighted by atomic mass is 16.6. The SMILES string of the molecule is CC(C)CC(CO)Nc1c([N+](=O)[O-])c(C(C)C)nn1C. The second-order valence-electron chi connectivity index (χ2n) is 5.77. The molecule has 0 bridgehead atoms. The zero-order chi connectivity index (χ0) is 15.4. The number of aromatic nitrogens is 2. The van der Waals surface area contributed by atoms with E-state index in [9.17, 15) is 15.2 Å². The lowest BCUT2D eigenvalue weighted by molar-refractivity contribution is -0.384. The molecule has 1 heterocycles. The van der Waals surface area contributed by atoms with E-state index in [1.54, 1.807) is 7.05 Å². The average molecular weight is 284 g/mol. The van der Waals surface area contributed by atoms with Crippen LogP contribution >= 0.6 is 0 Å². The molecule has 0 aliphatic heterocycles. The Labute approximate surface area is 119 Å². The van der Waals surface area contributed by atoms with E-state index in [1.807, 2.05) is 27.7 Å². The number of nitrogens with one attached hydrogen (secondary N) is 1. The van der Waals surface area contributed by atoms with Crippen molar-refractivity contribution in [1.29, 1.82) is 0 Å². The Morgan fingerprint density at radius 1 is 1.40 bits per heavy atom. The Bertz CT molecular complexity index is 468. The van der Waals surface area contributed by atoms with E-state index in [4.69, 9.17) is 0 Å². The maximum Gasteiger partial charge on any atom is 0.334 e. The number of hydrogen-bond donors (Lipinski definition) is 2. The number of nitrogens with zero attached hydrogens (tertiary/aromatic N) is 3. The summed E-state index contributed by atoms with van der Waals surface area (Å²) in [4.78, 5) is 10.9. The molecule has 0 aliphatic carbocycles. The molecule has 0 aromatic carbocycles. The van der Waals surface area contributed by atoms with Crippen molar-refractivity contribution < 1.29 is 10.0 Å². The molecule has 7 nitrogen and oxygen atoms in total. The van der Waals surface area contributed by atoms with Crippen LogP contribution in [0.1, 0.15) is 45.7 Å². The summed E-state index contributed by atoms with van der Waals surface area (Å²) in [7, 11) is 1.67. The van der Waals surface area contributed by atoms with Crippen LogP contribution in [0.3, 0.4) is 0 Å². The van der Waals surface area contributed by atoms with Crippen molar-refractivity contribution in [1.82, 2.24) is 9.78 Å². The molecule has 0 amide bonds. The van der Waals surface area contributed by atoms with Crippen molar-refractivity contribution in [2.24, 2.45) is 13.0 Å². The van der Waals surface area contributed by atoms with E-state index in [2.05, 4.69) is 10.4 Å². The monoisotopic (exact) mass is 284 g/mol. The number of aliphatic hydroxyl groups excluding tert-OH is 1. The third-order valence-electron chi connectivity index (χ3n) is 3.09. The Kier molecular flexibility index (Phi) is 5.50. The minimum Gasteiger partial charge on any atom is -0.394 e. The molecule has 20 heavy (non-hydrogen) atoms. The molecule has 0 fully saturated rings. The summed E-state index contributed by atoms with van der Waals surface area (Å²) < 4.78 is 1.48. The van der Waals surface area contributed by atoms with E-state index in [-0.39, 0.29) is 24.3 Å². The average Bonchev–Trinajstić information content (AvgIpc) is 2.65. The predicted molar refractivity (Wildman–Crippen MR) is 77.9 cm³/mol. The van der Waals surface area contributed by atoms with E-state index in [0.29, 0.717) is 17.4 Å². The van der Waals surface area contributed by atoms with Gasteiger partial charge in [-0.05, 0) is 12.3 Å². The summed E-state index contributed by atoms with van der Waals surface area (Å²) in [6, 6.07) is -0.218. The highest BCUT2D eigenvalue weighted by molar-refractivity contribution is 5.61. The fourth-order valence-corrected chi connectivity index (χ4v) is 2.21. The van der Waals surface area contributed by atoms with Gasteiger partial charge in [0.05, 0.1) is 17.6 Å². The Morgan fingerprint density at radius 3 is 2.40 bits per heavy atom. The van der Waals surface area contributed by atoms with Crippen molar-refractivity contribution in [2.45, 2.75) is 46.1 Å². The molecule has 1 aromatic rings. The first-order valence-electron chi connectivity index (χ1n) is 6.86. The van der Waals surface area contributed by atoms with Gasteiger partial charge in [0.2, 0.25) is 5.82 Å². The molecule has 0 radical (unpaired) electrons. The molecule has 0 saturated carbocycles. The fraction of sp³-hybridized carbons (Fsp3) is 0.769. The molecule has 0 saturated heterocycles. The molecular formula is C13H24N4O3. The van der Waals surface area contributed by atoms with Gasteiger partial charge in [0.1, 0.15) is 5.69 Å². The highest BCUT2D eigenvalue weighted by Gasteiger charge is 2.29. The van der Waals surface area contributed by atoms with Crippen LogP contribution < -0.4 is 5.32 Å². The van der Waals surface area contributed by atoms with E-state index >= 15 is 0 Å². The van der Waals surface area contributed by atoms with Crippen LogP contribution in [0, 0.1) is 16.0 Å². The first-order valence-corrected chi connectivity index (χ1v) is 6.86. The lowest BCUT2D eigenvalue weighted by Crippen LogP contribution is -2.27. The summed E-state index contributed by atoms with van der Waals surface area (Å²) in [6.45, 7) is 7.76. The molecule has 1 aromatic heterocycles. The molecule has 114 valence electrons. The Balaban J connectivity index is 3.13. The first kappa shape index (κ1) is 16.4. The van der Waals surface area contributed by atoms with Gasteiger partial charge in [-0.25, -0.2) is 4.68 Å². The number of aliphatic hydroxyl groups is 1. The maximum absolute atomic E-state index is 11.3. The molecule has 1 rings (SSSR count). The molecule has 1 unspecified atom stereocenters. The molecule has 2 N–H and O–H groups in total. The third kappa shape index (κ3) is 3.69. The van der Waals surface area contributed by atoms with Crippen LogP contribution in [0.15, 0.2) is 0 Å². The second kappa shape index (κ2) is 6.69. The highest BCUT2D eigenvalue weighted by Crippen LogP contribution is 2.33. The van der Waals surface area contributed by atoms with Gasteiger partial charge in [0, 0.05) is 13.0 Å². The van der Waals surface area contributed by atoms with Crippen molar-refractivity contribution in [3.8, 4) is 0 Å². The Hall–Kier alpha value is -1.63. The topological polar surface area (TPSA) is 93.2 Å². The quantitative estimate of drug-likeness (QED) is 0.592. The van der Waals surface area contributed by atoms with Crippen LogP contribution in [0.4, 0.5) is 11.5 Å². The molecule has 1 atom stereocenters. The van der Waals surface area contributed by atoms with E-state index < -0.39 is 4.92 Å². The van der Waals surface area contributed by atoms with E-state index in [1.165, 1.54) is 4.68 Å². The van der Waals surface area contributed by atoms with Gasteiger partial charge >= 0.3 is 5.69 Å². The van der Waals surface area contributed by atoms with Crippen molar-refractivity contribution in [3.05, 3.63) is 15.8 Å². The zero-order valence-corrected chi connectivity index (χ0v) is 12.8.